The fourth-order valence-electron chi connectivity index (χ4n) is 2.73. The molecule has 0 saturated heterocycles. The van der Waals surface area contributed by atoms with Crippen molar-refractivity contribution in [3.63, 3.8) is 0 Å². The molecule has 8 nitrogen and oxygen atoms in total. The first-order valence-electron chi connectivity index (χ1n) is 8.77. The molecule has 0 aliphatic heterocycles. The van der Waals surface area contributed by atoms with E-state index in [1.54, 1.807) is 20.1 Å². The topological polar surface area (TPSA) is 106 Å². The molecule has 0 bridgehead atoms. The van der Waals surface area contributed by atoms with Gasteiger partial charge in [0.15, 0.2) is 5.65 Å². The predicted octanol–water partition coefficient (Wildman–Crippen LogP) is 1.38. The Morgan fingerprint density at radius 3 is 2.62 bits per heavy atom. The van der Waals surface area contributed by atoms with E-state index in [2.05, 4.69) is 15.3 Å². The first-order chi connectivity index (χ1) is 12.3. The number of ether oxygens (including phenoxy) is 1. The van der Waals surface area contributed by atoms with Crippen molar-refractivity contribution in [2.75, 3.05) is 13.7 Å². The average Bonchev–Trinajstić information content (AvgIpc) is 2.58. The van der Waals surface area contributed by atoms with Crippen molar-refractivity contribution in [1.29, 1.82) is 0 Å². The molecule has 0 aliphatic rings. The molecule has 2 heterocycles. The van der Waals surface area contributed by atoms with Gasteiger partial charge in [0.05, 0.1) is 10.9 Å². The van der Waals surface area contributed by atoms with Crippen molar-refractivity contribution >= 4 is 16.9 Å². The maximum absolute atomic E-state index is 12.8. The van der Waals surface area contributed by atoms with E-state index < -0.39 is 11.2 Å². The second-order valence-corrected chi connectivity index (χ2v) is 6.61. The summed E-state index contributed by atoms with van der Waals surface area (Å²) in [5.74, 6) is -0.328. The number of hydrogen-bond acceptors (Lipinski definition) is 5. The molecule has 2 N–H and O–H groups in total. The van der Waals surface area contributed by atoms with E-state index in [0.717, 1.165) is 0 Å². The van der Waals surface area contributed by atoms with Gasteiger partial charge in [-0.25, -0.2) is 9.78 Å². The molecule has 2 aromatic rings. The Hall–Kier alpha value is -2.48. The number of hydrogen-bond donors (Lipinski definition) is 2. The largest absolute Gasteiger partial charge is 0.385 e. The van der Waals surface area contributed by atoms with Crippen molar-refractivity contribution in [2.45, 2.75) is 52.6 Å². The third kappa shape index (κ3) is 4.01. The number of carbonyl (C=O) groups excluding carboxylic acids is 1. The van der Waals surface area contributed by atoms with Gasteiger partial charge in [0.1, 0.15) is 0 Å². The van der Waals surface area contributed by atoms with Crippen LogP contribution >= 0.6 is 0 Å². The Kier molecular flexibility index (Phi) is 6.31. The van der Waals surface area contributed by atoms with Crippen molar-refractivity contribution in [3.05, 3.63) is 38.2 Å². The summed E-state index contributed by atoms with van der Waals surface area (Å²) < 4.78 is 6.40. The molecule has 2 rings (SSSR count). The zero-order valence-electron chi connectivity index (χ0n) is 15.9. The second kappa shape index (κ2) is 8.27. The minimum atomic E-state index is -0.604. The van der Waals surface area contributed by atoms with Gasteiger partial charge in [-0.05, 0) is 32.3 Å². The number of fused-ring (bicyclic) bond motifs is 1. The van der Waals surface area contributed by atoms with Gasteiger partial charge in [0, 0.05) is 32.0 Å². The molecule has 1 amide bonds. The van der Waals surface area contributed by atoms with Crippen LogP contribution in [-0.4, -0.2) is 40.2 Å². The molecule has 0 radical (unpaired) electrons. The lowest BCUT2D eigenvalue weighted by atomic mass is 10.0. The van der Waals surface area contributed by atoms with Gasteiger partial charge >= 0.3 is 5.69 Å². The number of aromatic amines is 1. The maximum atomic E-state index is 12.8. The summed E-state index contributed by atoms with van der Waals surface area (Å²) in [6, 6.07) is 1.51. The van der Waals surface area contributed by atoms with Crippen molar-refractivity contribution in [1.82, 2.24) is 19.9 Å². The molecule has 8 heteroatoms. The van der Waals surface area contributed by atoms with Crippen LogP contribution in [0.15, 0.2) is 15.7 Å². The summed E-state index contributed by atoms with van der Waals surface area (Å²) in [7, 11) is 1.60. The van der Waals surface area contributed by atoms with Crippen LogP contribution in [0.1, 0.15) is 56.1 Å². The zero-order valence-corrected chi connectivity index (χ0v) is 15.9. The SMILES string of the molecule is CCn1c(=O)[nH]c(=O)c2c(C(=O)NC(C)CCOC)cc(C(C)C)nc21. The number of nitrogens with one attached hydrogen (secondary N) is 2. The van der Waals surface area contributed by atoms with Gasteiger partial charge < -0.3 is 10.1 Å². The molecule has 0 aliphatic carbocycles. The molecule has 0 spiro atoms. The Bertz CT molecular complexity index is 914. The number of aromatic nitrogens is 3. The van der Waals surface area contributed by atoms with Crippen LogP contribution < -0.4 is 16.6 Å². The van der Waals surface area contributed by atoms with Crippen LogP contribution in [0, 0.1) is 0 Å². The molecule has 26 heavy (non-hydrogen) atoms. The van der Waals surface area contributed by atoms with Gasteiger partial charge in [-0.1, -0.05) is 13.8 Å². The van der Waals surface area contributed by atoms with E-state index in [0.29, 0.717) is 25.3 Å². The highest BCUT2D eigenvalue weighted by atomic mass is 16.5. The summed E-state index contributed by atoms with van der Waals surface area (Å²) in [4.78, 5) is 44.1. The predicted molar refractivity (Wildman–Crippen MR) is 99.8 cm³/mol. The first-order valence-corrected chi connectivity index (χ1v) is 8.77. The zero-order chi connectivity index (χ0) is 19.4. The van der Waals surface area contributed by atoms with E-state index in [-0.39, 0.29) is 34.5 Å². The number of amides is 1. The van der Waals surface area contributed by atoms with Crippen LogP contribution in [0.5, 0.6) is 0 Å². The lowest BCUT2D eigenvalue weighted by molar-refractivity contribution is 0.0931. The Balaban J connectivity index is 2.66. The van der Waals surface area contributed by atoms with Gasteiger partial charge in [-0.15, -0.1) is 0 Å². The van der Waals surface area contributed by atoms with Crippen LogP contribution in [0.3, 0.4) is 0 Å². The molecule has 1 atom stereocenters. The molecule has 0 fully saturated rings. The minimum absolute atomic E-state index is 0.0385. The molecule has 142 valence electrons. The number of nitrogens with zero attached hydrogens (tertiary/aromatic N) is 2. The Morgan fingerprint density at radius 2 is 2.04 bits per heavy atom. The first kappa shape index (κ1) is 19.8. The fourth-order valence-corrected chi connectivity index (χ4v) is 2.73. The molecule has 2 aromatic heterocycles. The molecular formula is C18H26N4O4. The number of rotatable bonds is 7. The van der Waals surface area contributed by atoms with Crippen LogP contribution in [0.2, 0.25) is 0 Å². The van der Waals surface area contributed by atoms with Crippen LogP contribution in [0.4, 0.5) is 0 Å². The third-order valence-corrected chi connectivity index (χ3v) is 4.25. The lowest BCUT2D eigenvalue weighted by Crippen LogP contribution is -2.36. The quantitative estimate of drug-likeness (QED) is 0.774. The van der Waals surface area contributed by atoms with E-state index in [9.17, 15) is 14.4 Å². The van der Waals surface area contributed by atoms with E-state index in [1.807, 2.05) is 20.8 Å². The fraction of sp³-hybridized carbons (Fsp3) is 0.556. The Labute approximate surface area is 151 Å². The highest BCUT2D eigenvalue weighted by molar-refractivity contribution is 6.05. The average molecular weight is 362 g/mol. The highest BCUT2D eigenvalue weighted by Gasteiger charge is 2.21. The van der Waals surface area contributed by atoms with Crippen molar-refractivity contribution < 1.29 is 9.53 Å². The molecule has 0 saturated carbocycles. The highest BCUT2D eigenvalue weighted by Crippen LogP contribution is 2.19. The summed E-state index contributed by atoms with van der Waals surface area (Å²) in [6.07, 6.45) is 0.651. The molecule has 0 aromatic carbocycles. The van der Waals surface area contributed by atoms with Crippen molar-refractivity contribution in [2.24, 2.45) is 0 Å². The number of pyridine rings is 1. The van der Waals surface area contributed by atoms with Gasteiger partial charge in [-0.3, -0.25) is 19.1 Å². The van der Waals surface area contributed by atoms with E-state index in [4.69, 9.17) is 4.74 Å². The second-order valence-electron chi connectivity index (χ2n) is 6.61. The molecule has 1 unspecified atom stereocenters. The van der Waals surface area contributed by atoms with Crippen molar-refractivity contribution in [3.8, 4) is 0 Å². The summed E-state index contributed by atoms with van der Waals surface area (Å²) in [6.45, 7) is 8.40. The summed E-state index contributed by atoms with van der Waals surface area (Å²) in [5.41, 5.74) is -0.0154. The molecular weight excluding hydrogens is 336 g/mol. The van der Waals surface area contributed by atoms with Crippen LogP contribution in [-0.2, 0) is 11.3 Å². The van der Waals surface area contributed by atoms with E-state index >= 15 is 0 Å². The minimum Gasteiger partial charge on any atom is -0.385 e. The Morgan fingerprint density at radius 1 is 1.35 bits per heavy atom. The lowest BCUT2D eigenvalue weighted by Gasteiger charge is -2.16. The number of H-pyrrole nitrogens is 1. The standard InChI is InChI=1S/C18H26N4O4/c1-6-22-15-14(17(24)21-18(22)25)12(9-13(20-15)10(2)3)16(23)19-11(4)7-8-26-5/h9-11H,6-8H2,1-5H3,(H,19,23)(H,21,24,25). The van der Waals surface area contributed by atoms with Crippen LogP contribution in [0.25, 0.3) is 11.0 Å². The number of carbonyl (C=O) groups is 1. The normalized spacial score (nSPS) is 12.5. The van der Waals surface area contributed by atoms with E-state index in [1.165, 1.54) is 4.57 Å². The maximum Gasteiger partial charge on any atom is 0.329 e. The smallest absolute Gasteiger partial charge is 0.329 e. The third-order valence-electron chi connectivity index (χ3n) is 4.25. The number of methoxy groups -OCH3 is 1. The monoisotopic (exact) mass is 362 g/mol. The summed E-state index contributed by atoms with van der Waals surface area (Å²) >= 11 is 0. The van der Waals surface area contributed by atoms with Gasteiger partial charge in [0.25, 0.3) is 11.5 Å². The van der Waals surface area contributed by atoms with Gasteiger partial charge in [0.2, 0.25) is 0 Å². The van der Waals surface area contributed by atoms with Gasteiger partial charge in [-0.2, -0.15) is 0 Å². The summed E-state index contributed by atoms with van der Waals surface area (Å²) in [5, 5.41) is 3.01. The number of aryl methyl sites for hydroxylation is 1.